The Kier molecular flexibility index (Phi) is 1.90. The standard InChI is InChI=1S/C10H17N3/c1-10(2,3)9-11-7-12-13(9)6-8-4-5-8/h7-8H,4-6H2,1-3H3. The first kappa shape index (κ1) is 8.73. The van der Waals surface area contributed by atoms with Gasteiger partial charge in [-0.1, -0.05) is 20.8 Å². The molecule has 0 atom stereocenters. The van der Waals surface area contributed by atoms with Gasteiger partial charge in [-0.05, 0) is 18.8 Å². The fourth-order valence-corrected chi connectivity index (χ4v) is 1.52. The molecule has 3 nitrogen and oxygen atoms in total. The minimum absolute atomic E-state index is 0.116. The van der Waals surface area contributed by atoms with Crippen molar-refractivity contribution >= 4 is 0 Å². The summed E-state index contributed by atoms with van der Waals surface area (Å²) in [7, 11) is 0. The normalized spacial score (nSPS) is 17.8. The largest absolute Gasteiger partial charge is 0.249 e. The van der Waals surface area contributed by atoms with Crippen molar-refractivity contribution in [3.05, 3.63) is 12.2 Å². The Bertz CT molecular complexity index is 291. The summed E-state index contributed by atoms with van der Waals surface area (Å²) in [5, 5.41) is 4.27. The van der Waals surface area contributed by atoms with E-state index in [0.717, 1.165) is 18.3 Å². The summed E-state index contributed by atoms with van der Waals surface area (Å²) in [6, 6.07) is 0. The summed E-state index contributed by atoms with van der Waals surface area (Å²) in [5.41, 5.74) is 0.116. The molecule has 0 N–H and O–H groups in total. The Labute approximate surface area is 79.2 Å². The molecule has 2 rings (SSSR count). The average molecular weight is 179 g/mol. The number of nitrogens with zero attached hydrogens (tertiary/aromatic N) is 3. The summed E-state index contributed by atoms with van der Waals surface area (Å²) in [5.74, 6) is 1.97. The zero-order chi connectivity index (χ0) is 9.47. The van der Waals surface area contributed by atoms with Gasteiger partial charge in [-0.15, -0.1) is 0 Å². The summed E-state index contributed by atoms with van der Waals surface area (Å²) in [4.78, 5) is 4.32. The molecule has 1 aliphatic carbocycles. The van der Waals surface area contributed by atoms with Crippen LogP contribution in [0.2, 0.25) is 0 Å². The first-order valence-corrected chi connectivity index (χ1v) is 4.95. The van der Waals surface area contributed by atoms with Gasteiger partial charge in [0.1, 0.15) is 12.2 Å². The second-order valence-corrected chi connectivity index (χ2v) is 4.96. The van der Waals surface area contributed by atoms with Crippen LogP contribution < -0.4 is 0 Å². The van der Waals surface area contributed by atoms with Crippen molar-refractivity contribution in [3.8, 4) is 0 Å². The highest BCUT2D eigenvalue weighted by atomic mass is 15.3. The van der Waals surface area contributed by atoms with Crippen LogP contribution in [-0.4, -0.2) is 14.8 Å². The van der Waals surface area contributed by atoms with Gasteiger partial charge in [-0.2, -0.15) is 5.10 Å². The maximum Gasteiger partial charge on any atom is 0.138 e. The fraction of sp³-hybridized carbons (Fsp3) is 0.800. The van der Waals surface area contributed by atoms with Gasteiger partial charge in [0.2, 0.25) is 0 Å². The maximum atomic E-state index is 4.32. The first-order valence-electron chi connectivity index (χ1n) is 4.95. The van der Waals surface area contributed by atoms with Crippen molar-refractivity contribution in [2.45, 2.75) is 45.6 Å². The first-order chi connectivity index (χ1) is 6.07. The lowest BCUT2D eigenvalue weighted by Gasteiger charge is -2.18. The highest BCUT2D eigenvalue weighted by Gasteiger charge is 2.26. The Morgan fingerprint density at radius 1 is 1.46 bits per heavy atom. The number of aromatic nitrogens is 3. The van der Waals surface area contributed by atoms with Gasteiger partial charge < -0.3 is 0 Å². The third kappa shape index (κ3) is 1.90. The van der Waals surface area contributed by atoms with E-state index in [4.69, 9.17) is 0 Å². The monoisotopic (exact) mass is 179 g/mol. The highest BCUT2D eigenvalue weighted by Crippen LogP contribution is 2.31. The van der Waals surface area contributed by atoms with E-state index in [1.54, 1.807) is 6.33 Å². The Balaban J connectivity index is 2.19. The molecule has 0 aliphatic heterocycles. The Hall–Kier alpha value is -0.860. The minimum Gasteiger partial charge on any atom is -0.249 e. The smallest absolute Gasteiger partial charge is 0.138 e. The van der Waals surface area contributed by atoms with Crippen LogP contribution in [0.5, 0.6) is 0 Å². The van der Waals surface area contributed by atoms with E-state index in [1.165, 1.54) is 12.8 Å². The third-order valence-electron chi connectivity index (χ3n) is 2.41. The summed E-state index contributed by atoms with van der Waals surface area (Å²) < 4.78 is 2.07. The van der Waals surface area contributed by atoms with Crippen molar-refractivity contribution in [1.29, 1.82) is 0 Å². The van der Waals surface area contributed by atoms with Crippen molar-refractivity contribution in [2.75, 3.05) is 0 Å². The van der Waals surface area contributed by atoms with E-state index in [0.29, 0.717) is 0 Å². The van der Waals surface area contributed by atoms with E-state index in [-0.39, 0.29) is 5.41 Å². The summed E-state index contributed by atoms with van der Waals surface area (Å²) in [6.45, 7) is 7.60. The Morgan fingerprint density at radius 3 is 2.69 bits per heavy atom. The van der Waals surface area contributed by atoms with Gasteiger partial charge in [0, 0.05) is 12.0 Å². The predicted molar refractivity (Wildman–Crippen MR) is 51.4 cm³/mol. The van der Waals surface area contributed by atoms with Crippen LogP contribution in [0.3, 0.4) is 0 Å². The molecule has 0 radical (unpaired) electrons. The quantitative estimate of drug-likeness (QED) is 0.695. The number of hydrogen-bond acceptors (Lipinski definition) is 2. The van der Waals surface area contributed by atoms with Crippen molar-refractivity contribution in [2.24, 2.45) is 5.92 Å². The second kappa shape index (κ2) is 2.82. The molecule has 3 heteroatoms. The molecular weight excluding hydrogens is 162 g/mol. The van der Waals surface area contributed by atoms with E-state index in [1.807, 2.05) is 0 Å². The molecule has 0 spiro atoms. The van der Waals surface area contributed by atoms with Gasteiger partial charge >= 0.3 is 0 Å². The van der Waals surface area contributed by atoms with Crippen LogP contribution >= 0.6 is 0 Å². The van der Waals surface area contributed by atoms with Gasteiger partial charge in [-0.3, -0.25) is 0 Å². The van der Waals surface area contributed by atoms with E-state index < -0.39 is 0 Å². The number of hydrogen-bond donors (Lipinski definition) is 0. The predicted octanol–water partition coefficient (Wildman–Crippen LogP) is 1.99. The SMILES string of the molecule is CC(C)(C)c1ncnn1CC1CC1. The maximum absolute atomic E-state index is 4.32. The summed E-state index contributed by atoms with van der Waals surface area (Å²) >= 11 is 0. The van der Waals surface area contributed by atoms with Gasteiger partial charge in [0.05, 0.1) is 0 Å². The number of rotatable bonds is 2. The highest BCUT2D eigenvalue weighted by molar-refractivity contribution is 5.01. The molecule has 0 aromatic carbocycles. The van der Waals surface area contributed by atoms with Crippen molar-refractivity contribution in [1.82, 2.24) is 14.8 Å². The molecule has 1 heterocycles. The lowest BCUT2D eigenvalue weighted by Crippen LogP contribution is -2.20. The lowest BCUT2D eigenvalue weighted by molar-refractivity contribution is 0.455. The van der Waals surface area contributed by atoms with Crippen molar-refractivity contribution < 1.29 is 0 Å². The summed E-state index contributed by atoms with van der Waals surface area (Å²) in [6.07, 6.45) is 4.40. The molecule has 0 unspecified atom stereocenters. The second-order valence-electron chi connectivity index (χ2n) is 4.96. The fourth-order valence-electron chi connectivity index (χ4n) is 1.52. The van der Waals surface area contributed by atoms with Gasteiger partial charge in [-0.25, -0.2) is 9.67 Å². The molecule has 1 fully saturated rings. The van der Waals surface area contributed by atoms with E-state index >= 15 is 0 Å². The van der Waals surface area contributed by atoms with Crippen LogP contribution in [0, 0.1) is 5.92 Å². The molecule has 1 aromatic heterocycles. The van der Waals surface area contributed by atoms with Gasteiger partial charge in [0.15, 0.2) is 0 Å². The van der Waals surface area contributed by atoms with E-state index in [2.05, 4.69) is 35.5 Å². The van der Waals surface area contributed by atoms with Crippen LogP contribution in [-0.2, 0) is 12.0 Å². The van der Waals surface area contributed by atoms with Crippen LogP contribution in [0.25, 0.3) is 0 Å². The van der Waals surface area contributed by atoms with Crippen molar-refractivity contribution in [3.63, 3.8) is 0 Å². The molecule has 0 amide bonds. The van der Waals surface area contributed by atoms with Crippen LogP contribution in [0.4, 0.5) is 0 Å². The Morgan fingerprint density at radius 2 is 2.15 bits per heavy atom. The molecular formula is C10H17N3. The third-order valence-corrected chi connectivity index (χ3v) is 2.41. The lowest BCUT2D eigenvalue weighted by atomic mass is 9.96. The zero-order valence-electron chi connectivity index (χ0n) is 8.62. The molecule has 0 saturated heterocycles. The zero-order valence-corrected chi connectivity index (χ0v) is 8.62. The van der Waals surface area contributed by atoms with Crippen LogP contribution in [0.15, 0.2) is 6.33 Å². The molecule has 0 bridgehead atoms. The molecule has 72 valence electrons. The molecule has 1 aromatic rings. The average Bonchev–Trinajstić information content (AvgIpc) is 2.63. The van der Waals surface area contributed by atoms with E-state index in [9.17, 15) is 0 Å². The molecule has 1 aliphatic rings. The topological polar surface area (TPSA) is 30.7 Å². The molecule has 13 heavy (non-hydrogen) atoms. The molecule has 1 saturated carbocycles. The van der Waals surface area contributed by atoms with Gasteiger partial charge in [0.25, 0.3) is 0 Å². The minimum atomic E-state index is 0.116. The van der Waals surface area contributed by atoms with Crippen LogP contribution in [0.1, 0.15) is 39.4 Å².